The minimum Gasteiger partial charge on any atom is -0.368 e. The first-order valence-corrected chi connectivity index (χ1v) is 7.57. The van der Waals surface area contributed by atoms with Gasteiger partial charge in [-0.1, -0.05) is 13.8 Å². The molecule has 19 heavy (non-hydrogen) atoms. The zero-order valence-corrected chi connectivity index (χ0v) is 12.4. The molecule has 0 aromatic rings. The number of carbonyl (C=O) groups excluding carboxylic acids is 1. The van der Waals surface area contributed by atoms with Crippen molar-refractivity contribution in [3.63, 3.8) is 0 Å². The molecule has 0 unspecified atom stereocenters. The number of ether oxygens (including phenoxy) is 1. The number of amides is 1. The molecule has 1 aliphatic heterocycles. The second-order valence-corrected chi connectivity index (χ2v) is 4.99. The van der Waals surface area contributed by atoms with Crippen molar-refractivity contribution in [2.45, 2.75) is 39.2 Å². The van der Waals surface area contributed by atoms with Crippen LogP contribution in [0.5, 0.6) is 0 Å². The lowest BCUT2D eigenvalue weighted by atomic mass is 10.1. The van der Waals surface area contributed by atoms with Gasteiger partial charge >= 0.3 is 0 Å². The largest absolute Gasteiger partial charge is 0.368 e. The molecule has 5 nitrogen and oxygen atoms in total. The van der Waals surface area contributed by atoms with Gasteiger partial charge in [-0.25, -0.2) is 0 Å². The van der Waals surface area contributed by atoms with Crippen molar-refractivity contribution in [3.05, 3.63) is 0 Å². The summed E-state index contributed by atoms with van der Waals surface area (Å²) >= 11 is 0. The van der Waals surface area contributed by atoms with E-state index >= 15 is 0 Å². The number of nitrogens with zero attached hydrogens (tertiary/aromatic N) is 1. The van der Waals surface area contributed by atoms with Crippen LogP contribution in [0.25, 0.3) is 0 Å². The van der Waals surface area contributed by atoms with Gasteiger partial charge in [-0.2, -0.15) is 0 Å². The van der Waals surface area contributed by atoms with Gasteiger partial charge in [0.15, 0.2) is 0 Å². The summed E-state index contributed by atoms with van der Waals surface area (Å²) in [6, 6.07) is 0. The van der Waals surface area contributed by atoms with Gasteiger partial charge in [0.2, 0.25) is 5.91 Å². The Bertz CT molecular complexity index is 239. The molecule has 1 amide bonds. The summed E-state index contributed by atoms with van der Waals surface area (Å²) in [5.41, 5.74) is 0. The van der Waals surface area contributed by atoms with Crippen molar-refractivity contribution in [2.24, 2.45) is 0 Å². The molecule has 0 aromatic carbocycles. The van der Waals surface area contributed by atoms with Gasteiger partial charge in [0.25, 0.3) is 0 Å². The zero-order chi connectivity index (χ0) is 13.9. The topological polar surface area (TPSA) is 53.6 Å². The Morgan fingerprint density at radius 1 is 1.32 bits per heavy atom. The van der Waals surface area contributed by atoms with E-state index in [2.05, 4.69) is 29.4 Å². The predicted octanol–water partition coefficient (Wildman–Crippen LogP) is 0.603. The van der Waals surface area contributed by atoms with Gasteiger partial charge in [0, 0.05) is 6.54 Å². The molecule has 0 bridgehead atoms. The van der Waals surface area contributed by atoms with Crippen molar-refractivity contribution >= 4 is 5.91 Å². The quantitative estimate of drug-likeness (QED) is 0.603. The van der Waals surface area contributed by atoms with Crippen LogP contribution in [0.15, 0.2) is 0 Å². The lowest BCUT2D eigenvalue weighted by molar-refractivity contribution is -0.128. The standard InChI is InChI=1S/C14H29N3O2/c1-3-17(4-2)11-5-8-16-14(18)12-19-13-6-9-15-10-7-13/h13,15H,3-12H2,1-2H3,(H,16,18). The van der Waals surface area contributed by atoms with Crippen LogP contribution in [-0.2, 0) is 9.53 Å². The number of carbonyl (C=O) groups is 1. The summed E-state index contributed by atoms with van der Waals surface area (Å²) in [5, 5.41) is 6.20. The molecular formula is C14H29N3O2. The van der Waals surface area contributed by atoms with E-state index in [0.29, 0.717) is 0 Å². The maximum absolute atomic E-state index is 11.6. The van der Waals surface area contributed by atoms with Gasteiger partial charge in [-0.3, -0.25) is 4.79 Å². The van der Waals surface area contributed by atoms with Crippen LogP contribution >= 0.6 is 0 Å². The summed E-state index contributed by atoms with van der Waals surface area (Å²) < 4.78 is 5.60. The zero-order valence-electron chi connectivity index (χ0n) is 12.4. The van der Waals surface area contributed by atoms with Crippen molar-refractivity contribution in [3.8, 4) is 0 Å². The number of nitrogens with one attached hydrogen (secondary N) is 2. The molecule has 0 spiro atoms. The minimum atomic E-state index is 0.0121. The van der Waals surface area contributed by atoms with Crippen LogP contribution in [0, 0.1) is 0 Å². The fraction of sp³-hybridized carbons (Fsp3) is 0.929. The molecule has 0 aromatic heterocycles. The van der Waals surface area contributed by atoms with Crippen molar-refractivity contribution in [1.29, 1.82) is 0 Å². The summed E-state index contributed by atoms with van der Waals surface area (Å²) in [7, 11) is 0. The first kappa shape index (κ1) is 16.4. The summed E-state index contributed by atoms with van der Waals surface area (Å²) in [5.74, 6) is 0.0121. The highest BCUT2D eigenvalue weighted by molar-refractivity contribution is 5.77. The van der Waals surface area contributed by atoms with Gasteiger partial charge in [0.1, 0.15) is 6.61 Å². The van der Waals surface area contributed by atoms with Crippen molar-refractivity contribution < 1.29 is 9.53 Å². The fourth-order valence-electron chi connectivity index (χ4n) is 2.28. The van der Waals surface area contributed by atoms with Crippen LogP contribution in [0.1, 0.15) is 33.1 Å². The fourth-order valence-corrected chi connectivity index (χ4v) is 2.28. The van der Waals surface area contributed by atoms with Crippen LogP contribution < -0.4 is 10.6 Å². The average Bonchev–Trinajstić information content (AvgIpc) is 2.46. The van der Waals surface area contributed by atoms with E-state index in [9.17, 15) is 4.79 Å². The second-order valence-electron chi connectivity index (χ2n) is 4.99. The molecular weight excluding hydrogens is 242 g/mol. The van der Waals surface area contributed by atoms with Crippen LogP contribution in [0.4, 0.5) is 0 Å². The molecule has 0 aliphatic carbocycles. The molecule has 1 fully saturated rings. The average molecular weight is 271 g/mol. The molecule has 2 N–H and O–H groups in total. The summed E-state index contributed by atoms with van der Waals surface area (Å²) in [6.45, 7) is 10.5. The van der Waals surface area contributed by atoms with Crippen molar-refractivity contribution in [2.75, 3.05) is 45.9 Å². The molecule has 1 heterocycles. The Balaban J connectivity index is 1.98. The maximum Gasteiger partial charge on any atom is 0.246 e. The Morgan fingerprint density at radius 3 is 2.63 bits per heavy atom. The van der Waals surface area contributed by atoms with Gasteiger partial charge in [-0.05, 0) is 52.0 Å². The van der Waals surface area contributed by atoms with Gasteiger partial charge in [-0.15, -0.1) is 0 Å². The molecule has 1 aliphatic rings. The highest BCUT2D eigenvalue weighted by Gasteiger charge is 2.14. The number of piperidine rings is 1. The maximum atomic E-state index is 11.6. The van der Waals surface area contributed by atoms with E-state index in [0.717, 1.165) is 58.5 Å². The molecule has 0 saturated carbocycles. The molecule has 1 rings (SSSR count). The lowest BCUT2D eigenvalue weighted by Crippen LogP contribution is -2.36. The van der Waals surface area contributed by atoms with E-state index in [1.165, 1.54) is 0 Å². The van der Waals surface area contributed by atoms with Crippen LogP contribution in [0.3, 0.4) is 0 Å². The van der Waals surface area contributed by atoms with E-state index < -0.39 is 0 Å². The molecule has 0 atom stereocenters. The first-order valence-electron chi connectivity index (χ1n) is 7.57. The van der Waals surface area contributed by atoms with E-state index in [1.807, 2.05) is 0 Å². The SMILES string of the molecule is CCN(CC)CCCNC(=O)COC1CCNCC1. The first-order chi connectivity index (χ1) is 9.26. The van der Waals surface area contributed by atoms with Crippen molar-refractivity contribution in [1.82, 2.24) is 15.5 Å². The van der Waals surface area contributed by atoms with Gasteiger partial charge in [0.05, 0.1) is 6.10 Å². The van der Waals surface area contributed by atoms with Crippen LogP contribution in [-0.4, -0.2) is 62.8 Å². The second kappa shape index (κ2) is 10.2. The number of hydrogen-bond donors (Lipinski definition) is 2. The highest BCUT2D eigenvalue weighted by atomic mass is 16.5. The van der Waals surface area contributed by atoms with Crippen LogP contribution in [0.2, 0.25) is 0 Å². The summed E-state index contributed by atoms with van der Waals surface area (Å²) in [6.07, 6.45) is 3.27. The predicted molar refractivity (Wildman–Crippen MR) is 77.3 cm³/mol. The Morgan fingerprint density at radius 2 is 2.00 bits per heavy atom. The highest BCUT2D eigenvalue weighted by Crippen LogP contribution is 2.06. The van der Waals surface area contributed by atoms with E-state index in [4.69, 9.17) is 4.74 Å². The third-order valence-corrected chi connectivity index (χ3v) is 3.60. The number of rotatable bonds is 9. The third kappa shape index (κ3) is 7.50. The molecule has 0 radical (unpaired) electrons. The normalized spacial score (nSPS) is 16.8. The molecule has 1 saturated heterocycles. The number of hydrogen-bond acceptors (Lipinski definition) is 4. The Kier molecular flexibility index (Phi) is 8.79. The lowest BCUT2D eigenvalue weighted by Gasteiger charge is -2.22. The van der Waals surface area contributed by atoms with Gasteiger partial charge < -0.3 is 20.3 Å². The van der Waals surface area contributed by atoms with E-state index in [-0.39, 0.29) is 18.6 Å². The summed E-state index contributed by atoms with van der Waals surface area (Å²) in [4.78, 5) is 14.0. The third-order valence-electron chi connectivity index (χ3n) is 3.60. The monoisotopic (exact) mass is 271 g/mol. The molecule has 5 heteroatoms. The minimum absolute atomic E-state index is 0.0121. The Hall–Kier alpha value is -0.650. The van der Waals surface area contributed by atoms with E-state index in [1.54, 1.807) is 0 Å². The molecule has 112 valence electrons. The Labute approximate surface area is 117 Å². The smallest absolute Gasteiger partial charge is 0.246 e.